The van der Waals surface area contributed by atoms with Gasteiger partial charge >= 0.3 is 11.9 Å². The summed E-state index contributed by atoms with van der Waals surface area (Å²) in [6.45, 7) is 3.95. The number of ether oxygens (including phenoxy) is 4. The molecule has 0 saturated heterocycles. The van der Waals surface area contributed by atoms with Crippen molar-refractivity contribution in [3.8, 4) is 17.2 Å². The van der Waals surface area contributed by atoms with Crippen molar-refractivity contribution >= 4 is 17.8 Å². The minimum absolute atomic E-state index is 0.0629. The van der Waals surface area contributed by atoms with Gasteiger partial charge in [0, 0.05) is 6.42 Å². The number of methoxy groups -OCH3 is 1. The van der Waals surface area contributed by atoms with E-state index in [1.165, 1.54) is 56.6 Å². The topological polar surface area (TPSA) is 173 Å². The first-order valence-corrected chi connectivity index (χ1v) is 16.9. The van der Waals surface area contributed by atoms with Gasteiger partial charge in [0.1, 0.15) is 25.0 Å². The van der Waals surface area contributed by atoms with Crippen LogP contribution in [-0.4, -0.2) is 67.6 Å². The summed E-state index contributed by atoms with van der Waals surface area (Å²) in [7, 11) is 1.35. The summed E-state index contributed by atoms with van der Waals surface area (Å²) < 4.78 is 21.0. The molecule has 2 N–H and O–H groups in total. The predicted octanol–water partition coefficient (Wildman–Crippen LogP) is 6.09. The standard InChI is InChI=1S/C21H28N2O9.C16H22O2/c1-3-4-5-6-9-19(24)22-15-20(25)32-17-11-10-16(14-18(17)29-2)21(26)30-12-7-8-13-31-23(27)28;1-13-5-4-8-16(11-13)18-12-15(17)10-9-14-6-2-3-7-14/h3-4,10-11,14H,5-9,12-13,15H2,1-2H3,(H,22,24);4-5,8-11,14-15,17H,2-3,6-7,12H2,1H3/b4-3-;10-9+. The molecule has 1 amide bonds. The molecule has 0 aromatic heterocycles. The van der Waals surface area contributed by atoms with Crippen LogP contribution in [0.25, 0.3) is 0 Å². The van der Waals surface area contributed by atoms with Crippen molar-refractivity contribution in [2.24, 2.45) is 5.92 Å². The van der Waals surface area contributed by atoms with Gasteiger partial charge in [-0.1, -0.05) is 49.3 Å². The molecule has 1 aliphatic rings. The maximum atomic E-state index is 12.1. The van der Waals surface area contributed by atoms with Crippen molar-refractivity contribution in [3.63, 3.8) is 0 Å². The second-order valence-electron chi connectivity index (χ2n) is 11.6. The van der Waals surface area contributed by atoms with Crippen LogP contribution in [0, 0.1) is 23.0 Å². The van der Waals surface area contributed by atoms with Gasteiger partial charge in [-0.25, -0.2) is 9.59 Å². The maximum absolute atomic E-state index is 12.1. The number of aliphatic hydroxyl groups is 1. The summed E-state index contributed by atoms with van der Waals surface area (Å²) in [6, 6.07) is 12.0. The lowest BCUT2D eigenvalue weighted by Crippen LogP contribution is -2.31. The number of hydrogen-bond acceptors (Lipinski definition) is 11. The highest BCUT2D eigenvalue weighted by Gasteiger charge is 2.16. The Balaban J connectivity index is 0.000000403. The monoisotopic (exact) mass is 698 g/mol. The van der Waals surface area contributed by atoms with E-state index in [0.29, 0.717) is 38.2 Å². The molecule has 50 heavy (non-hydrogen) atoms. The fraction of sp³-hybridized carbons (Fsp3) is 0.486. The number of carbonyl (C=O) groups excluding carboxylic acids is 3. The van der Waals surface area contributed by atoms with Crippen molar-refractivity contribution in [2.45, 2.75) is 77.7 Å². The van der Waals surface area contributed by atoms with Crippen LogP contribution in [0.1, 0.15) is 80.6 Å². The van der Waals surface area contributed by atoms with Gasteiger partial charge in [0.05, 0.1) is 25.9 Å². The predicted molar refractivity (Wildman–Crippen MR) is 187 cm³/mol. The van der Waals surface area contributed by atoms with E-state index in [1.54, 1.807) is 0 Å². The second kappa shape index (κ2) is 24.3. The lowest BCUT2D eigenvalue weighted by atomic mass is 10.1. The summed E-state index contributed by atoms with van der Waals surface area (Å²) in [6.07, 6.45) is 15.1. The Hall–Kier alpha value is -4.91. The fourth-order valence-corrected chi connectivity index (χ4v) is 4.81. The van der Waals surface area contributed by atoms with Crippen LogP contribution in [0.4, 0.5) is 0 Å². The fourth-order valence-electron chi connectivity index (χ4n) is 4.81. The number of amides is 1. The molecule has 13 heteroatoms. The van der Waals surface area contributed by atoms with Gasteiger partial charge in [0.2, 0.25) is 5.91 Å². The van der Waals surface area contributed by atoms with Gasteiger partial charge in [-0.3, -0.25) is 4.79 Å². The molecule has 2 aromatic carbocycles. The molecule has 1 unspecified atom stereocenters. The molecule has 0 bridgehead atoms. The molecule has 1 fully saturated rings. The van der Waals surface area contributed by atoms with E-state index in [1.807, 2.05) is 56.3 Å². The Kier molecular flexibility index (Phi) is 20.0. The van der Waals surface area contributed by atoms with Crippen LogP contribution < -0.4 is 19.5 Å². The van der Waals surface area contributed by atoms with Crippen LogP contribution in [0.3, 0.4) is 0 Å². The molecule has 0 spiro atoms. The van der Waals surface area contributed by atoms with E-state index >= 15 is 0 Å². The molecule has 274 valence electrons. The zero-order valence-corrected chi connectivity index (χ0v) is 29.2. The Bertz CT molecular complexity index is 1400. The van der Waals surface area contributed by atoms with Crippen LogP contribution in [0.15, 0.2) is 66.8 Å². The van der Waals surface area contributed by atoms with Crippen LogP contribution in [0.2, 0.25) is 0 Å². The number of benzene rings is 2. The number of esters is 2. The number of aliphatic hydroxyl groups excluding tert-OH is 1. The highest BCUT2D eigenvalue weighted by Crippen LogP contribution is 2.29. The molecule has 0 radical (unpaired) electrons. The van der Waals surface area contributed by atoms with Crippen molar-refractivity contribution in [1.29, 1.82) is 0 Å². The third-order valence-electron chi connectivity index (χ3n) is 7.45. The largest absolute Gasteiger partial charge is 0.493 e. The minimum Gasteiger partial charge on any atom is -0.493 e. The number of aryl methyl sites for hydroxylation is 1. The lowest BCUT2D eigenvalue weighted by Gasteiger charge is -2.11. The molecule has 1 aliphatic carbocycles. The number of allylic oxidation sites excluding steroid dienone is 3. The minimum atomic E-state index is -0.882. The molecule has 0 heterocycles. The highest BCUT2D eigenvalue weighted by atomic mass is 16.9. The first-order valence-electron chi connectivity index (χ1n) is 16.9. The van der Waals surface area contributed by atoms with E-state index in [-0.39, 0.29) is 42.7 Å². The number of carbonyl (C=O) groups is 3. The lowest BCUT2D eigenvalue weighted by molar-refractivity contribution is -0.757. The molecular weight excluding hydrogens is 648 g/mol. The third kappa shape index (κ3) is 18.0. The number of nitrogens with zero attached hydrogens (tertiary/aromatic N) is 1. The van der Waals surface area contributed by atoms with Crippen LogP contribution in [0.5, 0.6) is 17.2 Å². The quantitative estimate of drug-likeness (QED) is 0.0409. The van der Waals surface area contributed by atoms with Crippen molar-refractivity contribution in [3.05, 3.63) is 88.0 Å². The van der Waals surface area contributed by atoms with Crippen molar-refractivity contribution in [2.75, 3.05) is 33.5 Å². The molecule has 1 atom stereocenters. The molecule has 13 nitrogen and oxygen atoms in total. The zero-order chi connectivity index (χ0) is 36.6. The number of nitrogens with one attached hydrogen (secondary N) is 1. The number of hydrogen-bond donors (Lipinski definition) is 2. The van der Waals surface area contributed by atoms with Gasteiger partial charge in [0.25, 0.3) is 5.09 Å². The van der Waals surface area contributed by atoms with Gasteiger partial charge in [-0.2, -0.15) is 0 Å². The summed E-state index contributed by atoms with van der Waals surface area (Å²) in [5.74, 6) is 0.167. The highest BCUT2D eigenvalue weighted by molar-refractivity contribution is 5.90. The van der Waals surface area contributed by atoms with Crippen LogP contribution in [-0.2, 0) is 19.2 Å². The van der Waals surface area contributed by atoms with E-state index in [2.05, 4.69) is 16.2 Å². The van der Waals surface area contributed by atoms with Gasteiger partial charge in [0.15, 0.2) is 11.5 Å². The summed E-state index contributed by atoms with van der Waals surface area (Å²) in [5, 5.41) is 21.5. The molecular formula is C37H50N2O11. The van der Waals surface area contributed by atoms with Gasteiger partial charge < -0.3 is 34.2 Å². The van der Waals surface area contributed by atoms with E-state index in [9.17, 15) is 29.6 Å². The van der Waals surface area contributed by atoms with Crippen molar-refractivity contribution < 1.29 is 48.4 Å². The van der Waals surface area contributed by atoms with Crippen molar-refractivity contribution in [1.82, 2.24) is 5.32 Å². The first kappa shape index (κ1) is 41.3. The molecule has 2 aromatic rings. The number of unbranched alkanes of at least 4 members (excludes halogenated alkanes) is 2. The molecule has 0 aliphatic heterocycles. The Morgan fingerprint density at radius 3 is 2.52 bits per heavy atom. The Labute approximate surface area is 293 Å². The van der Waals surface area contributed by atoms with Gasteiger partial charge in [-0.05, 0) is 94.2 Å². The average molecular weight is 699 g/mol. The molecule has 3 rings (SSSR count). The summed E-state index contributed by atoms with van der Waals surface area (Å²) in [5.41, 5.74) is 1.35. The third-order valence-corrected chi connectivity index (χ3v) is 7.45. The van der Waals surface area contributed by atoms with E-state index < -0.39 is 23.1 Å². The smallest absolute Gasteiger partial charge is 0.338 e. The summed E-state index contributed by atoms with van der Waals surface area (Å²) in [4.78, 5) is 50.0. The molecule has 1 saturated carbocycles. The van der Waals surface area contributed by atoms with E-state index in [4.69, 9.17) is 18.9 Å². The van der Waals surface area contributed by atoms with E-state index in [0.717, 1.165) is 12.2 Å². The first-order chi connectivity index (χ1) is 24.1. The van der Waals surface area contributed by atoms with Gasteiger partial charge in [-0.15, -0.1) is 10.1 Å². The zero-order valence-electron chi connectivity index (χ0n) is 29.2. The second-order valence-corrected chi connectivity index (χ2v) is 11.6. The maximum Gasteiger partial charge on any atom is 0.338 e. The Morgan fingerprint density at radius 2 is 1.82 bits per heavy atom. The Morgan fingerprint density at radius 1 is 1.06 bits per heavy atom. The normalized spacial score (nSPS) is 13.3. The number of rotatable bonds is 20. The average Bonchev–Trinajstić information content (AvgIpc) is 3.63. The SMILES string of the molecule is C/C=C\CCCC(=O)NCC(=O)Oc1ccc(C(=O)OCCCCO[N+](=O)[O-])cc1OC.Cc1cccc(OCC(O)/C=C/C2CCCC2)c1. The van der Waals surface area contributed by atoms with Crippen LogP contribution >= 0.6 is 0 Å². The summed E-state index contributed by atoms with van der Waals surface area (Å²) >= 11 is 0.